The van der Waals surface area contributed by atoms with Gasteiger partial charge in [-0.15, -0.1) is 5.10 Å². The number of ether oxygens (including phenoxy) is 1. The SMILES string of the molecule is COCCNCc1nnc(N2CCC(O)C(C)C2)o1. The molecule has 7 heteroatoms. The lowest BCUT2D eigenvalue weighted by Crippen LogP contribution is -2.42. The Bertz CT molecular complexity index is 385. The molecule has 2 unspecified atom stereocenters. The molecule has 0 aromatic carbocycles. The van der Waals surface area contributed by atoms with E-state index in [9.17, 15) is 5.11 Å². The molecule has 0 amide bonds. The molecule has 0 radical (unpaired) electrons. The summed E-state index contributed by atoms with van der Waals surface area (Å²) in [6.07, 6.45) is 0.514. The van der Waals surface area contributed by atoms with Crippen LogP contribution in [0.5, 0.6) is 0 Å². The van der Waals surface area contributed by atoms with Gasteiger partial charge < -0.3 is 24.5 Å². The summed E-state index contributed by atoms with van der Waals surface area (Å²) in [5.74, 6) is 0.800. The summed E-state index contributed by atoms with van der Waals surface area (Å²) < 4.78 is 10.5. The molecular weight excluding hydrogens is 248 g/mol. The predicted octanol–water partition coefficient (Wildman–Crippen LogP) is 0.0127. The summed E-state index contributed by atoms with van der Waals surface area (Å²) in [6, 6.07) is 0.544. The van der Waals surface area contributed by atoms with E-state index in [0.717, 1.165) is 26.1 Å². The molecule has 2 rings (SSSR count). The maximum absolute atomic E-state index is 9.70. The fraction of sp³-hybridized carbons (Fsp3) is 0.833. The molecule has 7 nitrogen and oxygen atoms in total. The van der Waals surface area contributed by atoms with Gasteiger partial charge in [0, 0.05) is 26.7 Å². The molecule has 0 saturated carbocycles. The van der Waals surface area contributed by atoms with Crippen LogP contribution in [0.25, 0.3) is 0 Å². The van der Waals surface area contributed by atoms with E-state index in [1.807, 2.05) is 11.8 Å². The van der Waals surface area contributed by atoms with Crippen molar-refractivity contribution in [1.82, 2.24) is 15.5 Å². The number of hydrogen-bond acceptors (Lipinski definition) is 7. The van der Waals surface area contributed by atoms with Crippen LogP contribution in [-0.4, -0.2) is 54.8 Å². The Labute approximate surface area is 112 Å². The first kappa shape index (κ1) is 14.2. The van der Waals surface area contributed by atoms with Crippen molar-refractivity contribution in [2.24, 2.45) is 5.92 Å². The molecule has 1 saturated heterocycles. The number of aliphatic hydroxyl groups excluding tert-OH is 1. The zero-order chi connectivity index (χ0) is 13.7. The second kappa shape index (κ2) is 6.83. The Morgan fingerprint density at radius 2 is 2.37 bits per heavy atom. The van der Waals surface area contributed by atoms with Crippen molar-refractivity contribution >= 4 is 6.01 Å². The highest BCUT2D eigenvalue weighted by Crippen LogP contribution is 2.22. The molecular formula is C12H22N4O3. The molecule has 2 N–H and O–H groups in total. The van der Waals surface area contributed by atoms with Crippen LogP contribution in [0.1, 0.15) is 19.2 Å². The number of aliphatic hydroxyl groups is 1. The average Bonchev–Trinajstić information content (AvgIpc) is 2.87. The van der Waals surface area contributed by atoms with Gasteiger partial charge in [0.1, 0.15) is 0 Å². The Morgan fingerprint density at radius 3 is 3.11 bits per heavy atom. The molecule has 1 aliphatic rings. The quantitative estimate of drug-likeness (QED) is 0.705. The lowest BCUT2D eigenvalue weighted by Gasteiger charge is -2.32. The Kier molecular flexibility index (Phi) is 5.12. The standard InChI is InChI=1S/C12H22N4O3/c1-9-8-16(5-3-10(9)17)12-15-14-11(19-12)7-13-4-6-18-2/h9-10,13,17H,3-8H2,1-2H3. The van der Waals surface area contributed by atoms with Crippen molar-refractivity contribution in [3.05, 3.63) is 5.89 Å². The fourth-order valence-corrected chi connectivity index (χ4v) is 2.12. The summed E-state index contributed by atoms with van der Waals surface area (Å²) in [5, 5.41) is 20.9. The zero-order valence-corrected chi connectivity index (χ0v) is 11.5. The average molecular weight is 270 g/mol. The van der Waals surface area contributed by atoms with E-state index in [1.54, 1.807) is 7.11 Å². The van der Waals surface area contributed by atoms with Crippen molar-refractivity contribution < 1.29 is 14.3 Å². The molecule has 0 spiro atoms. The number of methoxy groups -OCH3 is 1. The lowest BCUT2D eigenvalue weighted by atomic mass is 9.97. The fourth-order valence-electron chi connectivity index (χ4n) is 2.12. The van der Waals surface area contributed by atoms with Gasteiger partial charge >= 0.3 is 6.01 Å². The monoisotopic (exact) mass is 270 g/mol. The van der Waals surface area contributed by atoms with Crippen molar-refractivity contribution in [3.8, 4) is 0 Å². The molecule has 1 fully saturated rings. The third-order valence-electron chi connectivity index (χ3n) is 3.35. The maximum Gasteiger partial charge on any atom is 0.318 e. The number of anilines is 1. The van der Waals surface area contributed by atoms with E-state index in [1.165, 1.54) is 0 Å². The molecule has 0 aliphatic carbocycles. The van der Waals surface area contributed by atoms with Gasteiger partial charge in [-0.25, -0.2) is 0 Å². The van der Waals surface area contributed by atoms with Gasteiger partial charge in [0.05, 0.1) is 19.3 Å². The van der Waals surface area contributed by atoms with Crippen molar-refractivity contribution in [3.63, 3.8) is 0 Å². The van der Waals surface area contributed by atoms with Gasteiger partial charge in [0.25, 0.3) is 0 Å². The summed E-state index contributed by atoms with van der Waals surface area (Å²) >= 11 is 0. The third-order valence-corrected chi connectivity index (χ3v) is 3.35. The van der Waals surface area contributed by atoms with Gasteiger partial charge in [-0.1, -0.05) is 12.0 Å². The number of aromatic nitrogens is 2. The highest BCUT2D eigenvalue weighted by molar-refractivity contribution is 5.25. The smallest absolute Gasteiger partial charge is 0.318 e. The van der Waals surface area contributed by atoms with Crippen molar-refractivity contribution in [2.75, 3.05) is 38.3 Å². The Balaban J connectivity index is 1.83. The van der Waals surface area contributed by atoms with E-state index < -0.39 is 0 Å². The van der Waals surface area contributed by atoms with Crippen LogP contribution in [0.3, 0.4) is 0 Å². The van der Waals surface area contributed by atoms with Crippen LogP contribution < -0.4 is 10.2 Å². The molecule has 1 aromatic heterocycles. The minimum absolute atomic E-state index is 0.226. The van der Waals surface area contributed by atoms with Crippen LogP contribution in [0, 0.1) is 5.92 Å². The minimum atomic E-state index is -0.227. The number of hydrogen-bond donors (Lipinski definition) is 2. The molecule has 0 bridgehead atoms. The first-order chi connectivity index (χ1) is 9.20. The van der Waals surface area contributed by atoms with Crippen molar-refractivity contribution in [2.45, 2.75) is 26.0 Å². The van der Waals surface area contributed by atoms with Gasteiger partial charge in [-0.05, 0) is 12.3 Å². The van der Waals surface area contributed by atoms with E-state index >= 15 is 0 Å². The zero-order valence-electron chi connectivity index (χ0n) is 11.5. The van der Waals surface area contributed by atoms with Crippen LogP contribution in [0.15, 0.2) is 4.42 Å². The van der Waals surface area contributed by atoms with E-state index in [0.29, 0.717) is 25.1 Å². The second-order valence-corrected chi connectivity index (χ2v) is 4.93. The molecule has 2 heterocycles. The third kappa shape index (κ3) is 3.89. The first-order valence-corrected chi connectivity index (χ1v) is 6.65. The summed E-state index contributed by atoms with van der Waals surface area (Å²) in [5.41, 5.74) is 0. The second-order valence-electron chi connectivity index (χ2n) is 4.93. The maximum atomic E-state index is 9.70. The Morgan fingerprint density at radius 1 is 1.53 bits per heavy atom. The van der Waals surface area contributed by atoms with Crippen LogP contribution in [0.4, 0.5) is 6.01 Å². The highest BCUT2D eigenvalue weighted by atomic mass is 16.5. The Hall–Kier alpha value is -1.18. The molecule has 108 valence electrons. The summed E-state index contributed by atoms with van der Waals surface area (Å²) in [6.45, 7) is 5.48. The van der Waals surface area contributed by atoms with Crippen LogP contribution in [-0.2, 0) is 11.3 Å². The van der Waals surface area contributed by atoms with Gasteiger partial charge in [0.2, 0.25) is 5.89 Å². The van der Waals surface area contributed by atoms with Gasteiger partial charge in [0.15, 0.2) is 0 Å². The van der Waals surface area contributed by atoms with Crippen LogP contribution in [0.2, 0.25) is 0 Å². The lowest BCUT2D eigenvalue weighted by molar-refractivity contribution is 0.0955. The van der Waals surface area contributed by atoms with Gasteiger partial charge in [-0.3, -0.25) is 0 Å². The number of nitrogens with zero attached hydrogens (tertiary/aromatic N) is 3. The minimum Gasteiger partial charge on any atom is -0.407 e. The topological polar surface area (TPSA) is 83.7 Å². The summed E-state index contributed by atoms with van der Waals surface area (Å²) in [4.78, 5) is 2.03. The van der Waals surface area contributed by atoms with E-state index in [-0.39, 0.29) is 12.0 Å². The molecule has 1 aliphatic heterocycles. The number of nitrogens with one attached hydrogen (secondary N) is 1. The number of rotatable bonds is 6. The largest absolute Gasteiger partial charge is 0.407 e. The molecule has 1 aromatic rings. The predicted molar refractivity (Wildman–Crippen MR) is 69.9 cm³/mol. The normalized spacial score (nSPS) is 23.8. The van der Waals surface area contributed by atoms with Gasteiger partial charge in [-0.2, -0.15) is 0 Å². The van der Waals surface area contributed by atoms with E-state index in [4.69, 9.17) is 9.15 Å². The van der Waals surface area contributed by atoms with E-state index in [2.05, 4.69) is 15.5 Å². The van der Waals surface area contributed by atoms with Crippen molar-refractivity contribution in [1.29, 1.82) is 0 Å². The molecule has 2 atom stereocenters. The van der Waals surface area contributed by atoms with Crippen LogP contribution >= 0.6 is 0 Å². The summed E-state index contributed by atoms with van der Waals surface area (Å²) in [7, 11) is 1.67. The first-order valence-electron chi connectivity index (χ1n) is 6.65. The number of piperidine rings is 1. The molecule has 19 heavy (non-hydrogen) atoms. The highest BCUT2D eigenvalue weighted by Gasteiger charge is 2.27.